The van der Waals surface area contributed by atoms with Gasteiger partial charge in [-0.15, -0.1) is 0 Å². The number of nitrogens with zero attached hydrogens (tertiary/aromatic N) is 1. The number of aliphatic hydroxyl groups is 1. The van der Waals surface area contributed by atoms with Crippen LogP contribution in [0, 0.1) is 5.92 Å². The molecule has 1 heterocycles. The lowest BCUT2D eigenvalue weighted by atomic mass is 9.98. The standard InChI is InChI=1S/C20H29NO3/c1-20(2,3)24-19(23)21-13-7-10-18(21)12-11-17(15-22)14-16-8-5-4-6-9-16/h4-6,8-9,11-12,17-18,22H,7,10,13-15H2,1-3H3/b12-11+/t17?,18-/m0/s1. The highest BCUT2D eigenvalue weighted by molar-refractivity contribution is 5.69. The van der Waals surface area contributed by atoms with Gasteiger partial charge in [0.2, 0.25) is 0 Å². The number of rotatable bonds is 5. The van der Waals surface area contributed by atoms with Crippen LogP contribution in [0.4, 0.5) is 4.79 Å². The number of ether oxygens (including phenoxy) is 1. The molecule has 0 radical (unpaired) electrons. The van der Waals surface area contributed by atoms with Crippen molar-refractivity contribution in [2.45, 2.75) is 51.7 Å². The number of hydrogen-bond donors (Lipinski definition) is 1. The van der Waals surface area contributed by atoms with Crippen molar-refractivity contribution in [3.8, 4) is 0 Å². The molecule has 1 N–H and O–H groups in total. The Labute approximate surface area is 145 Å². The van der Waals surface area contributed by atoms with Gasteiger partial charge in [0.25, 0.3) is 0 Å². The van der Waals surface area contributed by atoms with Crippen LogP contribution in [0.5, 0.6) is 0 Å². The molecular formula is C20H29NO3. The normalized spacial score (nSPS) is 19.7. The van der Waals surface area contributed by atoms with Crippen molar-refractivity contribution in [3.63, 3.8) is 0 Å². The maximum atomic E-state index is 12.3. The quantitative estimate of drug-likeness (QED) is 0.835. The molecule has 2 rings (SSSR count). The van der Waals surface area contributed by atoms with Gasteiger partial charge in [-0.2, -0.15) is 0 Å². The molecule has 1 unspecified atom stereocenters. The molecule has 4 nitrogen and oxygen atoms in total. The van der Waals surface area contributed by atoms with Crippen molar-refractivity contribution in [2.75, 3.05) is 13.2 Å². The molecule has 0 bridgehead atoms. The number of aliphatic hydroxyl groups excluding tert-OH is 1. The lowest BCUT2D eigenvalue weighted by Crippen LogP contribution is -2.39. The molecule has 132 valence electrons. The highest BCUT2D eigenvalue weighted by atomic mass is 16.6. The molecule has 1 fully saturated rings. The third kappa shape index (κ3) is 5.68. The molecule has 0 spiro atoms. The zero-order valence-electron chi connectivity index (χ0n) is 14.9. The summed E-state index contributed by atoms with van der Waals surface area (Å²) in [7, 11) is 0. The van der Waals surface area contributed by atoms with Crippen LogP contribution in [-0.4, -0.2) is 40.9 Å². The van der Waals surface area contributed by atoms with E-state index < -0.39 is 5.60 Å². The predicted molar refractivity (Wildman–Crippen MR) is 95.8 cm³/mol. The largest absolute Gasteiger partial charge is 0.444 e. The van der Waals surface area contributed by atoms with Gasteiger partial charge in [0.15, 0.2) is 0 Å². The van der Waals surface area contributed by atoms with E-state index in [4.69, 9.17) is 4.74 Å². The Morgan fingerprint density at radius 2 is 2.08 bits per heavy atom. The van der Waals surface area contributed by atoms with Crippen LogP contribution >= 0.6 is 0 Å². The van der Waals surface area contributed by atoms with Crippen LogP contribution < -0.4 is 0 Å². The van der Waals surface area contributed by atoms with Crippen LogP contribution in [-0.2, 0) is 11.2 Å². The molecule has 1 amide bonds. The molecule has 0 aliphatic carbocycles. The van der Waals surface area contributed by atoms with E-state index in [-0.39, 0.29) is 24.7 Å². The third-order valence-electron chi connectivity index (χ3n) is 4.11. The molecule has 1 saturated heterocycles. The Balaban J connectivity index is 1.96. The average Bonchev–Trinajstić information content (AvgIpc) is 2.99. The van der Waals surface area contributed by atoms with Gasteiger partial charge in [0.1, 0.15) is 5.60 Å². The SMILES string of the molecule is CC(C)(C)OC(=O)N1CCC[C@H]1/C=C/C(CO)Cc1ccccc1. The second-order valence-corrected chi connectivity index (χ2v) is 7.40. The van der Waals surface area contributed by atoms with Crippen molar-refractivity contribution in [3.05, 3.63) is 48.0 Å². The first kappa shape index (κ1) is 18.5. The summed E-state index contributed by atoms with van der Waals surface area (Å²) in [4.78, 5) is 14.1. The summed E-state index contributed by atoms with van der Waals surface area (Å²) in [5, 5.41) is 9.63. The zero-order valence-corrected chi connectivity index (χ0v) is 14.9. The molecule has 0 aromatic heterocycles. The first-order valence-corrected chi connectivity index (χ1v) is 8.72. The summed E-state index contributed by atoms with van der Waals surface area (Å²) in [6.07, 6.45) is 6.57. The summed E-state index contributed by atoms with van der Waals surface area (Å²) >= 11 is 0. The molecule has 2 atom stereocenters. The lowest BCUT2D eigenvalue weighted by molar-refractivity contribution is 0.0255. The smallest absolute Gasteiger partial charge is 0.410 e. The van der Waals surface area contributed by atoms with Crippen LogP contribution in [0.25, 0.3) is 0 Å². The Kier molecular flexibility index (Phi) is 6.44. The molecular weight excluding hydrogens is 302 g/mol. The molecule has 1 aromatic carbocycles. The molecule has 24 heavy (non-hydrogen) atoms. The fourth-order valence-corrected chi connectivity index (χ4v) is 2.94. The van der Waals surface area contributed by atoms with Crippen molar-refractivity contribution in [1.29, 1.82) is 0 Å². The Morgan fingerprint density at radius 1 is 1.38 bits per heavy atom. The topological polar surface area (TPSA) is 49.8 Å². The molecule has 4 heteroatoms. The van der Waals surface area contributed by atoms with E-state index in [0.717, 1.165) is 25.8 Å². The Bertz CT molecular complexity index is 548. The van der Waals surface area contributed by atoms with Crippen molar-refractivity contribution >= 4 is 6.09 Å². The van der Waals surface area contributed by atoms with Crippen molar-refractivity contribution < 1.29 is 14.6 Å². The van der Waals surface area contributed by atoms with Gasteiger partial charge >= 0.3 is 6.09 Å². The Morgan fingerprint density at radius 3 is 2.71 bits per heavy atom. The predicted octanol–water partition coefficient (Wildman–Crippen LogP) is 3.79. The fraction of sp³-hybridized carbons (Fsp3) is 0.550. The first-order valence-electron chi connectivity index (χ1n) is 8.72. The number of hydrogen-bond acceptors (Lipinski definition) is 3. The maximum absolute atomic E-state index is 12.3. The van der Waals surface area contributed by atoms with Gasteiger partial charge in [-0.3, -0.25) is 0 Å². The van der Waals surface area contributed by atoms with Gasteiger partial charge in [0.05, 0.1) is 6.04 Å². The summed E-state index contributed by atoms with van der Waals surface area (Å²) in [6, 6.07) is 10.2. The molecule has 1 aromatic rings. The second kappa shape index (κ2) is 8.34. The van der Waals surface area contributed by atoms with Gasteiger partial charge < -0.3 is 14.7 Å². The van der Waals surface area contributed by atoms with E-state index in [1.807, 2.05) is 45.0 Å². The number of carbonyl (C=O) groups excluding carboxylic acids is 1. The number of amides is 1. The molecule has 1 aliphatic heterocycles. The van der Waals surface area contributed by atoms with Gasteiger partial charge in [0, 0.05) is 19.1 Å². The van der Waals surface area contributed by atoms with E-state index in [0.29, 0.717) is 0 Å². The molecule has 0 saturated carbocycles. The van der Waals surface area contributed by atoms with Crippen molar-refractivity contribution in [1.82, 2.24) is 4.90 Å². The number of benzene rings is 1. The maximum Gasteiger partial charge on any atom is 0.410 e. The minimum Gasteiger partial charge on any atom is -0.444 e. The second-order valence-electron chi connectivity index (χ2n) is 7.40. The van der Waals surface area contributed by atoms with Gasteiger partial charge in [-0.25, -0.2) is 4.79 Å². The number of carbonyl (C=O) groups is 1. The average molecular weight is 331 g/mol. The fourth-order valence-electron chi connectivity index (χ4n) is 2.94. The van der Waals surface area contributed by atoms with Crippen molar-refractivity contribution in [2.24, 2.45) is 5.92 Å². The van der Waals surface area contributed by atoms with E-state index in [2.05, 4.69) is 18.2 Å². The molecule has 1 aliphatic rings. The van der Waals surface area contributed by atoms with Crippen LogP contribution in [0.3, 0.4) is 0 Å². The van der Waals surface area contributed by atoms with E-state index in [9.17, 15) is 9.90 Å². The highest BCUT2D eigenvalue weighted by Gasteiger charge is 2.30. The van der Waals surface area contributed by atoms with Gasteiger partial charge in [-0.05, 0) is 45.6 Å². The van der Waals surface area contributed by atoms with Crippen LogP contribution in [0.15, 0.2) is 42.5 Å². The monoisotopic (exact) mass is 331 g/mol. The van der Waals surface area contributed by atoms with Gasteiger partial charge in [-0.1, -0.05) is 42.5 Å². The number of likely N-dealkylation sites (tertiary alicyclic amines) is 1. The highest BCUT2D eigenvalue weighted by Crippen LogP contribution is 2.22. The van der Waals surface area contributed by atoms with E-state index >= 15 is 0 Å². The van der Waals surface area contributed by atoms with Crippen LogP contribution in [0.1, 0.15) is 39.2 Å². The summed E-state index contributed by atoms with van der Waals surface area (Å²) in [5.74, 6) is 0.0634. The van der Waals surface area contributed by atoms with Crippen LogP contribution in [0.2, 0.25) is 0 Å². The Hall–Kier alpha value is -1.81. The first-order chi connectivity index (χ1) is 11.4. The third-order valence-corrected chi connectivity index (χ3v) is 4.11. The minimum absolute atomic E-state index is 0.0599. The van der Waals surface area contributed by atoms with E-state index in [1.165, 1.54) is 5.56 Å². The minimum atomic E-state index is -0.477. The van der Waals surface area contributed by atoms with E-state index in [1.54, 1.807) is 4.90 Å². The lowest BCUT2D eigenvalue weighted by Gasteiger charge is -2.27. The summed E-state index contributed by atoms with van der Waals surface area (Å²) in [6.45, 7) is 6.48. The zero-order chi connectivity index (χ0) is 17.6. The summed E-state index contributed by atoms with van der Waals surface area (Å²) < 4.78 is 5.48. The summed E-state index contributed by atoms with van der Waals surface area (Å²) in [5.41, 5.74) is 0.728.